The minimum atomic E-state index is -0.682. The maximum atomic E-state index is 15.8. The second-order valence-electron chi connectivity index (χ2n) is 7.83. The number of halogens is 1. The standard InChI is InChI=1S/C26H31FN4O3/c1-5-32-19-14-20(24(27)22(15-19)34-16(3)4)25(21-8-7-9-23(31-21)33-6-2)30-18-12-10-17(11-13-18)26(28)29/h7-16,25,30H,5-6H2,1-4H3,(H3,28,29). The predicted octanol–water partition coefficient (Wildman–Crippen LogP) is 5.29. The number of nitrogen functional groups attached to an aromatic ring is 1. The van der Waals surface area contributed by atoms with E-state index >= 15 is 4.39 Å². The molecule has 0 aliphatic heterocycles. The summed E-state index contributed by atoms with van der Waals surface area (Å²) in [6.07, 6.45) is -0.218. The van der Waals surface area contributed by atoms with Gasteiger partial charge in [-0.2, -0.15) is 0 Å². The highest BCUT2D eigenvalue weighted by molar-refractivity contribution is 5.95. The molecule has 4 N–H and O–H groups in total. The molecule has 0 bridgehead atoms. The number of ether oxygens (including phenoxy) is 3. The summed E-state index contributed by atoms with van der Waals surface area (Å²) in [4.78, 5) is 4.60. The molecule has 34 heavy (non-hydrogen) atoms. The highest BCUT2D eigenvalue weighted by Gasteiger charge is 2.25. The molecule has 0 fully saturated rings. The van der Waals surface area contributed by atoms with Gasteiger partial charge in [0.15, 0.2) is 11.6 Å². The maximum absolute atomic E-state index is 15.8. The first-order chi connectivity index (χ1) is 16.3. The Hall–Kier alpha value is -3.81. The lowest BCUT2D eigenvalue weighted by molar-refractivity contribution is 0.228. The van der Waals surface area contributed by atoms with Crippen LogP contribution in [0.4, 0.5) is 10.1 Å². The van der Waals surface area contributed by atoms with Crippen LogP contribution in [-0.4, -0.2) is 30.1 Å². The van der Waals surface area contributed by atoms with Crippen molar-refractivity contribution in [1.29, 1.82) is 5.41 Å². The molecule has 1 heterocycles. The molecule has 1 aromatic heterocycles. The Kier molecular flexibility index (Phi) is 8.29. The number of hydrogen-bond donors (Lipinski definition) is 3. The molecule has 2 aromatic carbocycles. The van der Waals surface area contributed by atoms with Gasteiger partial charge in [-0.05, 0) is 64.1 Å². The molecule has 0 spiro atoms. The quantitative estimate of drug-likeness (QED) is 0.262. The molecule has 0 amide bonds. The van der Waals surface area contributed by atoms with Crippen LogP contribution in [0.3, 0.4) is 0 Å². The zero-order valence-corrected chi connectivity index (χ0v) is 19.9. The molecule has 7 nitrogen and oxygen atoms in total. The van der Waals surface area contributed by atoms with Crippen LogP contribution in [0.25, 0.3) is 0 Å². The smallest absolute Gasteiger partial charge is 0.213 e. The molecule has 0 aliphatic rings. The van der Waals surface area contributed by atoms with E-state index in [-0.39, 0.29) is 17.7 Å². The van der Waals surface area contributed by atoms with Crippen molar-refractivity contribution in [2.24, 2.45) is 5.73 Å². The summed E-state index contributed by atoms with van der Waals surface area (Å²) in [7, 11) is 0. The van der Waals surface area contributed by atoms with Gasteiger partial charge < -0.3 is 25.3 Å². The van der Waals surface area contributed by atoms with Crippen molar-refractivity contribution in [3.8, 4) is 17.4 Å². The second-order valence-corrected chi connectivity index (χ2v) is 7.83. The van der Waals surface area contributed by atoms with E-state index in [1.165, 1.54) is 0 Å². The van der Waals surface area contributed by atoms with Crippen LogP contribution in [0.5, 0.6) is 17.4 Å². The second kappa shape index (κ2) is 11.4. The van der Waals surface area contributed by atoms with Crippen LogP contribution in [0, 0.1) is 11.2 Å². The SMILES string of the molecule is CCOc1cc(OC(C)C)c(F)c(C(Nc2ccc(C(=N)N)cc2)c2cccc(OCC)n2)c1. The van der Waals surface area contributed by atoms with Gasteiger partial charge in [0.25, 0.3) is 0 Å². The summed E-state index contributed by atoms with van der Waals surface area (Å²) < 4.78 is 32.8. The number of hydrogen-bond acceptors (Lipinski definition) is 6. The lowest BCUT2D eigenvalue weighted by atomic mass is 10.0. The van der Waals surface area contributed by atoms with Crippen LogP contribution in [0.2, 0.25) is 0 Å². The van der Waals surface area contributed by atoms with Crippen molar-refractivity contribution in [2.45, 2.75) is 39.8 Å². The zero-order valence-electron chi connectivity index (χ0n) is 19.9. The first-order valence-corrected chi connectivity index (χ1v) is 11.3. The number of anilines is 1. The summed E-state index contributed by atoms with van der Waals surface area (Å²) in [6.45, 7) is 8.31. The van der Waals surface area contributed by atoms with Gasteiger partial charge in [-0.15, -0.1) is 0 Å². The first kappa shape index (κ1) is 24.8. The predicted molar refractivity (Wildman–Crippen MR) is 132 cm³/mol. The van der Waals surface area contributed by atoms with Crippen molar-refractivity contribution in [3.63, 3.8) is 0 Å². The van der Waals surface area contributed by atoms with Crippen LogP contribution in [0.1, 0.15) is 50.6 Å². The summed E-state index contributed by atoms with van der Waals surface area (Å²) >= 11 is 0. The monoisotopic (exact) mass is 466 g/mol. The van der Waals surface area contributed by atoms with Crippen LogP contribution in [0.15, 0.2) is 54.6 Å². The zero-order chi connectivity index (χ0) is 24.7. The van der Waals surface area contributed by atoms with Gasteiger partial charge in [0.1, 0.15) is 11.6 Å². The van der Waals surface area contributed by atoms with Gasteiger partial charge in [-0.3, -0.25) is 5.41 Å². The summed E-state index contributed by atoms with van der Waals surface area (Å²) in [5, 5.41) is 11.0. The number of benzene rings is 2. The Labute approximate surface area is 199 Å². The molecule has 0 saturated carbocycles. The van der Waals surface area contributed by atoms with E-state index in [1.807, 2.05) is 33.8 Å². The van der Waals surface area contributed by atoms with Crippen LogP contribution < -0.4 is 25.3 Å². The highest BCUT2D eigenvalue weighted by atomic mass is 19.1. The third kappa shape index (κ3) is 6.15. The van der Waals surface area contributed by atoms with Crippen molar-refractivity contribution < 1.29 is 18.6 Å². The molecule has 0 saturated heterocycles. The number of aromatic nitrogens is 1. The van der Waals surface area contributed by atoms with Gasteiger partial charge in [0, 0.05) is 28.9 Å². The average molecular weight is 467 g/mol. The van der Waals surface area contributed by atoms with E-state index in [0.29, 0.717) is 47.4 Å². The minimum Gasteiger partial charge on any atom is -0.494 e. The molecule has 0 aliphatic carbocycles. The van der Waals surface area contributed by atoms with E-state index in [2.05, 4.69) is 10.3 Å². The highest BCUT2D eigenvalue weighted by Crippen LogP contribution is 2.36. The Bertz CT molecular complexity index is 1120. The molecular formula is C26H31FN4O3. The fourth-order valence-electron chi connectivity index (χ4n) is 3.44. The van der Waals surface area contributed by atoms with Gasteiger partial charge in [-0.25, -0.2) is 9.37 Å². The number of amidine groups is 1. The molecule has 0 radical (unpaired) electrons. The molecule has 3 rings (SSSR count). The summed E-state index contributed by atoms with van der Waals surface area (Å²) in [5.41, 5.74) is 7.75. The first-order valence-electron chi connectivity index (χ1n) is 11.3. The molecule has 8 heteroatoms. The van der Waals surface area contributed by atoms with Crippen molar-refractivity contribution in [1.82, 2.24) is 4.98 Å². The molecular weight excluding hydrogens is 435 g/mol. The molecule has 180 valence electrons. The number of nitrogens with two attached hydrogens (primary N) is 1. The Morgan fingerprint density at radius 3 is 2.38 bits per heavy atom. The molecule has 1 unspecified atom stereocenters. The number of nitrogens with zero attached hydrogens (tertiary/aromatic N) is 1. The largest absolute Gasteiger partial charge is 0.494 e. The molecule has 3 aromatic rings. The Morgan fingerprint density at radius 1 is 1.06 bits per heavy atom. The van der Waals surface area contributed by atoms with E-state index in [4.69, 9.17) is 25.4 Å². The summed E-state index contributed by atoms with van der Waals surface area (Å²) in [5.74, 6) is 0.516. The maximum Gasteiger partial charge on any atom is 0.213 e. The lowest BCUT2D eigenvalue weighted by Crippen LogP contribution is -2.18. The van der Waals surface area contributed by atoms with Crippen molar-refractivity contribution in [3.05, 3.63) is 77.2 Å². The van der Waals surface area contributed by atoms with E-state index < -0.39 is 11.9 Å². The number of rotatable bonds is 11. The minimum absolute atomic E-state index is 0.0277. The van der Waals surface area contributed by atoms with Gasteiger partial charge in [0.05, 0.1) is 31.1 Å². The van der Waals surface area contributed by atoms with Crippen LogP contribution >= 0.6 is 0 Å². The Morgan fingerprint density at radius 2 is 1.76 bits per heavy atom. The molecule has 1 atom stereocenters. The third-order valence-corrected chi connectivity index (χ3v) is 4.87. The van der Waals surface area contributed by atoms with E-state index in [9.17, 15) is 0 Å². The fraction of sp³-hybridized carbons (Fsp3) is 0.308. The number of pyridine rings is 1. The van der Waals surface area contributed by atoms with Crippen molar-refractivity contribution >= 4 is 11.5 Å². The van der Waals surface area contributed by atoms with Crippen molar-refractivity contribution in [2.75, 3.05) is 18.5 Å². The average Bonchev–Trinajstić information content (AvgIpc) is 2.80. The van der Waals surface area contributed by atoms with Gasteiger partial charge in [0.2, 0.25) is 5.88 Å². The van der Waals surface area contributed by atoms with E-state index in [0.717, 1.165) is 0 Å². The lowest BCUT2D eigenvalue weighted by Gasteiger charge is -2.23. The topological polar surface area (TPSA) is 102 Å². The fourth-order valence-corrected chi connectivity index (χ4v) is 3.44. The van der Waals surface area contributed by atoms with E-state index in [1.54, 1.807) is 48.5 Å². The summed E-state index contributed by atoms with van der Waals surface area (Å²) in [6, 6.07) is 14.9. The third-order valence-electron chi connectivity index (χ3n) is 4.87. The van der Waals surface area contributed by atoms with Crippen LogP contribution in [-0.2, 0) is 0 Å². The Balaban J connectivity index is 2.13. The number of nitrogens with one attached hydrogen (secondary N) is 2. The van der Waals surface area contributed by atoms with Gasteiger partial charge in [-0.1, -0.05) is 6.07 Å². The van der Waals surface area contributed by atoms with Gasteiger partial charge >= 0.3 is 0 Å². The normalized spacial score (nSPS) is 11.7.